The van der Waals surface area contributed by atoms with Gasteiger partial charge in [0.05, 0.1) is 23.1 Å². The summed E-state index contributed by atoms with van der Waals surface area (Å²) in [5.74, 6) is -0.765. The van der Waals surface area contributed by atoms with Crippen LogP contribution in [-0.4, -0.2) is 55.0 Å². The number of ether oxygens (including phenoxy) is 1. The number of fused-ring (bicyclic) bond motifs is 1. The fraction of sp³-hybridized carbons (Fsp3) is 0.529. The number of rotatable bonds is 2. The maximum absolute atomic E-state index is 13.1. The number of anilines is 1. The first-order valence-electron chi connectivity index (χ1n) is 8.72. The Hall–Kier alpha value is -1.59. The first-order chi connectivity index (χ1) is 13.1. The normalized spacial score (nSPS) is 30.8. The van der Waals surface area contributed by atoms with Crippen molar-refractivity contribution < 1.29 is 31.1 Å². The molecule has 3 aliphatic rings. The number of hydrogen-bond acceptors (Lipinski definition) is 5. The first kappa shape index (κ1) is 19.7. The number of aliphatic imine (C=N–C) groups is 1. The molecule has 6 nitrogen and oxygen atoms in total. The Kier molecular flexibility index (Phi) is 4.95. The maximum Gasteiger partial charge on any atom is 0.416 e. The van der Waals surface area contributed by atoms with Gasteiger partial charge in [-0.05, 0) is 31.0 Å². The van der Waals surface area contributed by atoms with Gasteiger partial charge in [0, 0.05) is 17.5 Å². The summed E-state index contributed by atoms with van der Waals surface area (Å²) in [6, 6.07) is 4.08. The molecule has 3 fully saturated rings. The van der Waals surface area contributed by atoms with Crippen LogP contribution >= 0.6 is 11.8 Å². The zero-order chi connectivity index (χ0) is 20.1. The monoisotopic (exact) mass is 434 g/mol. The SMILES string of the molecule is O=C(N=C1S[C@@H]2CS(=O)(=O)C[C@@H]2N1c1cccc(C(F)(F)F)c1)[C@@H]1CCCO1. The highest BCUT2D eigenvalue weighted by Gasteiger charge is 2.50. The summed E-state index contributed by atoms with van der Waals surface area (Å²) >= 11 is 1.13. The summed E-state index contributed by atoms with van der Waals surface area (Å²) in [5, 5.41) is -0.152. The number of thioether (sulfide) groups is 1. The van der Waals surface area contributed by atoms with Gasteiger partial charge in [-0.25, -0.2) is 8.42 Å². The number of amides is 1. The van der Waals surface area contributed by atoms with Crippen molar-refractivity contribution in [2.24, 2.45) is 4.99 Å². The molecule has 4 rings (SSSR count). The van der Waals surface area contributed by atoms with Crippen molar-refractivity contribution in [2.75, 3.05) is 23.0 Å². The van der Waals surface area contributed by atoms with E-state index in [-0.39, 0.29) is 27.6 Å². The van der Waals surface area contributed by atoms with E-state index in [0.29, 0.717) is 13.0 Å². The van der Waals surface area contributed by atoms with Crippen LogP contribution < -0.4 is 4.90 Å². The number of carbonyl (C=O) groups excluding carboxylic acids is 1. The second kappa shape index (κ2) is 7.03. The van der Waals surface area contributed by atoms with Gasteiger partial charge in [-0.1, -0.05) is 17.8 Å². The minimum absolute atomic E-state index is 0.0923. The number of alkyl halides is 3. The Labute approximate surface area is 164 Å². The Morgan fingerprint density at radius 3 is 2.75 bits per heavy atom. The quantitative estimate of drug-likeness (QED) is 0.712. The lowest BCUT2D eigenvalue weighted by atomic mass is 10.1. The lowest BCUT2D eigenvalue weighted by Crippen LogP contribution is -2.38. The van der Waals surface area contributed by atoms with Crippen LogP contribution in [0.25, 0.3) is 0 Å². The van der Waals surface area contributed by atoms with E-state index in [1.54, 1.807) is 0 Å². The van der Waals surface area contributed by atoms with Crippen LogP contribution in [0, 0.1) is 0 Å². The van der Waals surface area contributed by atoms with Crippen molar-refractivity contribution in [3.8, 4) is 0 Å². The predicted molar refractivity (Wildman–Crippen MR) is 99.2 cm³/mol. The summed E-state index contributed by atoms with van der Waals surface area (Å²) in [5.41, 5.74) is -0.671. The van der Waals surface area contributed by atoms with Crippen LogP contribution in [0.4, 0.5) is 18.9 Å². The fourth-order valence-corrected chi connectivity index (χ4v) is 7.56. The van der Waals surface area contributed by atoms with Crippen molar-refractivity contribution in [3.63, 3.8) is 0 Å². The molecule has 1 aromatic carbocycles. The van der Waals surface area contributed by atoms with Gasteiger partial charge in [0.2, 0.25) is 0 Å². The van der Waals surface area contributed by atoms with Crippen molar-refractivity contribution in [1.82, 2.24) is 0 Å². The van der Waals surface area contributed by atoms with Crippen LogP contribution in [0.1, 0.15) is 18.4 Å². The molecule has 3 heterocycles. The second-order valence-corrected chi connectivity index (χ2v) is 10.3. The molecule has 3 atom stereocenters. The van der Waals surface area contributed by atoms with Gasteiger partial charge < -0.3 is 9.64 Å². The molecule has 0 saturated carbocycles. The van der Waals surface area contributed by atoms with Crippen molar-refractivity contribution in [1.29, 1.82) is 0 Å². The molecule has 152 valence electrons. The van der Waals surface area contributed by atoms with Gasteiger partial charge in [0.15, 0.2) is 15.0 Å². The number of amidine groups is 1. The first-order valence-corrected chi connectivity index (χ1v) is 11.4. The maximum atomic E-state index is 13.1. The van der Waals surface area contributed by atoms with Crippen molar-refractivity contribution in [3.05, 3.63) is 29.8 Å². The average Bonchev–Trinajstić information content (AvgIpc) is 3.28. The molecule has 11 heteroatoms. The molecule has 1 aromatic rings. The summed E-state index contributed by atoms with van der Waals surface area (Å²) in [7, 11) is -3.30. The molecule has 3 aliphatic heterocycles. The Morgan fingerprint density at radius 2 is 2.07 bits per heavy atom. The molecule has 0 N–H and O–H groups in total. The van der Waals surface area contributed by atoms with Gasteiger partial charge in [-0.3, -0.25) is 4.79 Å². The number of halogens is 3. The largest absolute Gasteiger partial charge is 0.416 e. The molecule has 28 heavy (non-hydrogen) atoms. The average molecular weight is 434 g/mol. The molecule has 0 spiro atoms. The van der Waals surface area contributed by atoms with Gasteiger partial charge >= 0.3 is 6.18 Å². The van der Waals surface area contributed by atoms with E-state index in [9.17, 15) is 26.4 Å². The number of sulfone groups is 1. The van der Waals surface area contributed by atoms with Crippen LogP contribution in [0.3, 0.4) is 0 Å². The summed E-state index contributed by atoms with van der Waals surface area (Å²) in [4.78, 5) is 18.0. The third-order valence-electron chi connectivity index (χ3n) is 4.93. The molecule has 0 bridgehead atoms. The van der Waals surface area contributed by atoms with Crippen LogP contribution in [0.2, 0.25) is 0 Å². The minimum atomic E-state index is -4.53. The van der Waals surface area contributed by atoms with Gasteiger partial charge in [0.1, 0.15) is 6.10 Å². The third kappa shape index (κ3) is 3.79. The molecule has 0 unspecified atom stereocenters. The standard InChI is InChI=1S/C17H17F3N2O4S2/c18-17(19,20)10-3-1-4-11(7-10)22-12-8-28(24,25)9-14(12)27-16(22)21-15(23)13-5-2-6-26-13/h1,3-4,7,12-14H,2,5-6,8-9H2/t12-,13-,14+/m0/s1. The van der Waals surface area contributed by atoms with E-state index in [2.05, 4.69) is 4.99 Å². The van der Waals surface area contributed by atoms with Crippen LogP contribution in [0.15, 0.2) is 29.3 Å². The van der Waals surface area contributed by atoms with Gasteiger partial charge in [0.25, 0.3) is 5.91 Å². The Balaban J connectivity index is 1.72. The van der Waals surface area contributed by atoms with E-state index in [0.717, 1.165) is 30.3 Å². The molecule has 3 saturated heterocycles. The lowest BCUT2D eigenvalue weighted by Gasteiger charge is -2.25. The van der Waals surface area contributed by atoms with Crippen LogP contribution in [0.5, 0.6) is 0 Å². The molecule has 0 aliphatic carbocycles. The number of nitrogens with zero attached hydrogens (tertiary/aromatic N) is 2. The van der Waals surface area contributed by atoms with Crippen molar-refractivity contribution >= 4 is 38.4 Å². The van der Waals surface area contributed by atoms with E-state index >= 15 is 0 Å². The van der Waals surface area contributed by atoms with Gasteiger partial charge in [-0.15, -0.1) is 0 Å². The highest BCUT2D eigenvalue weighted by atomic mass is 32.2. The zero-order valence-corrected chi connectivity index (χ0v) is 16.2. The predicted octanol–water partition coefficient (Wildman–Crippen LogP) is 2.49. The molecule has 1 amide bonds. The fourth-order valence-electron chi connectivity index (χ4n) is 3.64. The second-order valence-electron chi connectivity index (χ2n) is 6.95. The molecular formula is C17H17F3N2O4S2. The third-order valence-corrected chi connectivity index (χ3v) is 8.14. The molecular weight excluding hydrogens is 417 g/mol. The highest BCUT2D eigenvalue weighted by molar-refractivity contribution is 8.16. The highest BCUT2D eigenvalue weighted by Crippen LogP contribution is 2.42. The minimum Gasteiger partial charge on any atom is -0.368 e. The number of hydrogen-bond donors (Lipinski definition) is 0. The zero-order valence-electron chi connectivity index (χ0n) is 14.6. The van der Waals surface area contributed by atoms with Crippen LogP contribution in [-0.2, 0) is 25.5 Å². The Morgan fingerprint density at radius 1 is 1.29 bits per heavy atom. The van der Waals surface area contributed by atoms with Gasteiger partial charge in [-0.2, -0.15) is 18.2 Å². The smallest absolute Gasteiger partial charge is 0.368 e. The lowest BCUT2D eigenvalue weighted by molar-refractivity contribution is -0.137. The summed E-state index contributed by atoms with van der Waals surface area (Å²) in [6.45, 7) is 0.467. The van der Waals surface area contributed by atoms with E-state index in [4.69, 9.17) is 4.74 Å². The summed E-state index contributed by atoms with van der Waals surface area (Å²) in [6.07, 6.45) is -3.89. The topological polar surface area (TPSA) is 76.0 Å². The molecule has 0 radical (unpaired) electrons. The van der Waals surface area contributed by atoms with E-state index in [1.807, 2.05) is 0 Å². The number of benzene rings is 1. The number of carbonyl (C=O) groups is 1. The van der Waals surface area contributed by atoms with E-state index in [1.165, 1.54) is 17.0 Å². The summed E-state index contributed by atoms with van der Waals surface area (Å²) < 4.78 is 68.8. The van der Waals surface area contributed by atoms with E-state index < -0.39 is 39.6 Å². The van der Waals surface area contributed by atoms with Crippen molar-refractivity contribution in [2.45, 2.75) is 36.4 Å². The Bertz CT molecular complexity index is 927. The molecule has 0 aromatic heterocycles.